The first-order valence-electron chi connectivity index (χ1n) is 8.29. The number of amides is 1. The first kappa shape index (κ1) is 15.3. The number of anilines is 1. The van der Waals surface area contributed by atoms with Crippen molar-refractivity contribution in [2.75, 3.05) is 18.5 Å². The summed E-state index contributed by atoms with van der Waals surface area (Å²) in [4.78, 5) is 16.9. The number of carbonyl (C=O) groups excluding carboxylic acids is 1. The summed E-state index contributed by atoms with van der Waals surface area (Å²) in [6.45, 7) is 3.55. The van der Waals surface area contributed by atoms with Crippen LogP contribution in [0.15, 0.2) is 24.3 Å². The minimum absolute atomic E-state index is 0.0852. The molecule has 1 amide bonds. The van der Waals surface area contributed by atoms with Gasteiger partial charge < -0.3 is 14.9 Å². The zero-order valence-electron chi connectivity index (χ0n) is 13.6. The lowest BCUT2D eigenvalue weighted by molar-refractivity contribution is -0.138. The van der Waals surface area contributed by atoms with Crippen LogP contribution in [0.4, 0.5) is 5.69 Å². The molecule has 0 saturated heterocycles. The van der Waals surface area contributed by atoms with Crippen LogP contribution in [0.25, 0.3) is 0 Å². The highest BCUT2D eigenvalue weighted by molar-refractivity contribution is 5.78. The third-order valence-electron chi connectivity index (χ3n) is 5.15. The molecule has 1 fully saturated rings. The Labute approximate surface area is 132 Å². The average Bonchev–Trinajstić information content (AvgIpc) is 2.85. The maximum absolute atomic E-state index is 12.8. The van der Waals surface area contributed by atoms with Crippen LogP contribution in [-0.2, 0) is 11.3 Å². The van der Waals surface area contributed by atoms with Crippen LogP contribution < -0.4 is 4.90 Å². The van der Waals surface area contributed by atoms with Crippen LogP contribution in [0.5, 0.6) is 0 Å². The SMILES string of the molecule is CC1CN(C)c2ccccc2CN1C(=O)CC1(O)CCCC1. The predicted octanol–water partition coefficient (Wildman–Crippen LogP) is 2.55. The maximum atomic E-state index is 12.8. The molecule has 1 aromatic rings. The first-order valence-corrected chi connectivity index (χ1v) is 8.29. The van der Waals surface area contributed by atoms with Crippen molar-refractivity contribution in [2.45, 2.75) is 57.2 Å². The van der Waals surface area contributed by atoms with Crippen molar-refractivity contribution in [3.8, 4) is 0 Å². The Hall–Kier alpha value is -1.55. The topological polar surface area (TPSA) is 43.8 Å². The molecule has 3 rings (SSSR count). The van der Waals surface area contributed by atoms with Gasteiger partial charge in [0, 0.05) is 31.9 Å². The van der Waals surface area contributed by atoms with Gasteiger partial charge in [-0.25, -0.2) is 0 Å². The van der Waals surface area contributed by atoms with Gasteiger partial charge in [-0.05, 0) is 31.4 Å². The summed E-state index contributed by atoms with van der Waals surface area (Å²) in [5.74, 6) is 0.0852. The second kappa shape index (κ2) is 5.92. The number of fused-ring (bicyclic) bond motifs is 1. The fourth-order valence-corrected chi connectivity index (χ4v) is 3.88. The first-order chi connectivity index (χ1) is 10.5. The number of rotatable bonds is 2. The van der Waals surface area contributed by atoms with Gasteiger partial charge in [0.05, 0.1) is 12.0 Å². The van der Waals surface area contributed by atoms with Crippen molar-refractivity contribution in [3.63, 3.8) is 0 Å². The zero-order chi connectivity index (χ0) is 15.7. The number of likely N-dealkylation sites (N-methyl/N-ethyl adjacent to an activating group) is 1. The van der Waals surface area contributed by atoms with E-state index in [4.69, 9.17) is 0 Å². The number of aliphatic hydroxyl groups is 1. The molecular weight excluding hydrogens is 276 g/mol. The van der Waals surface area contributed by atoms with Gasteiger partial charge in [0.2, 0.25) is 5.91 Å². The van der Waals surface area contributed by atoms with Crippen molar-refractivity contribution in [3.05, 3.63) is 29.8 Å². The van der Waals surface area contributed by atoms with E-state index in [1.165, 1.54) is 11.3 Å². The molecule has 0 spiro atoms. The van der Waals surface area contributed by atoms with E-state index in [1.807, 2.05) is 17.0 Å². The van der Waals surface area contributed by atoms with Crippen LogP contribution in [0, 0.1) is 0 Å². The molecule has 1 atom stereocenters. The molecule has 1 aromatic carbocycles. The molecular formula is C18H26N2O2. The summed E-state index contributed by atoms with van der Waals surface area (Å²) < 4.78 is 0. The van der Waals surface area contributed by atoms with Crippen LogP contribution in [-0.4, -0.2) is 41.1 Å². The predicted molar refractivity (Wildman–Crippen MR) is 87.8 cm³/mol. The highest BCUT2D eigenvalue weighted by Gasteiger charge is 2.36. The summed E-state index contributed by atoms with van der Waals surface area (Å²) in [5.41, 5.74) is 1.61. The van der Waals surface area contributed by atoms with Gasteiger partial charge in [-0.15, -0.1) is 0 Å². The highest BCUT2D eigenvalue weighted by atomic mass is 16.3. The summed E-state index contributed by atoms with van der Waals surface area (Å²) in [5, 5.41) is 10.5. The van der Waals surface area contributed by atoms with E-state index < -0.39 is 5.60 Å². The van der Waals surface area contributed by atoms with Gasteiger partial charge in [-0.1, -0.05) is 31.0 Å². The minimum atomic E-state index is -0.769. The lowest BCUT2D eigenvalue weighted by Crippen LogP contribution is -2.44. The Morgan fingerprint density at radius 1 is 1.32 bits per heavy atom. The molecule has 22 heavy (non-hydrogen) atoms. The fraction of sp³-hybridized carbons (Fsp3) is 0.611. The molecule has 1 aliphatic heterocycles. The monoisotopic (exact) mass is 302 g/mol. The number of hydrogen-bond acceptors (Lipinski definition) is 3. The molecule has 4 nitrogen and oxygen atoms in total. The number of carbonyl (C=O) groups is 1. The Morgan fingerprint density at radius 2 is 2.00 bits per heavy atom. The van der Waals surface area contributed by atoms with Gasteiger partial charge in [0.25, 0.3) is 0 Å². The number of benzene rings is 1. The summed E-state index contributed by atoms with van der Waals surface area (Å²) in [6, 6.07) is 8.42. The van der Waals surface area contributed by atoms with Crippen molar-refractivity contribution in [2.24, 2.45) is 0 Å². The van der Waals surface area contributed by atoms with Gasteiger partial charge in [0.15, 0.2) is 0 Å². The third-order valence-corrected chi connectivity index (χ3v) is 5.15. The molecule has 1 N–H and O–H groups in total. The smallest absolute Gasteiger partial charge is 0.226 e. The fourth-order valence-electron chi connectivity index (χ4n) is 3.88. The summed E-state index contributed by atoms with van der Waals surface area (Å²) >= 11 is 0. The summed E-state index contributed by atoms with van der Waals surface area (Å²) in [6.07, 6.45) is 3.86. The van der Waals surface area contributed by atoms with E-state index in [0.29, 0.717) is 6.54 Å². The molecule has 4 heteroatoms. The van der Waals surface area contributed by atoms with E-state index in [1.54, 1.807) is 0 Å². The lowest BCUT2D eigenvalue weighted by atomic mass is 9.96. The molecule has 0 radical (unpaired) electrons. The quantitative estimate of drug-likeness (QED) is 0.913. The molecule has 2 aliphatic rings. The largest absolute Gasteiger partial charge is 0.389 e. The van der Waals surface area contributed by atoms with Crippen molar-refractivity contribution in [1.29, 1.82) is 0 Å². The van der Waals surface area contributed by atoms with Crippen LogP contribution in [0.3, 0.4) is 0 Å². The van der Waals surface area contributed by atoms with E-state index in [0.717, 1.165) is 32.2 Å². The molecule has 0 aromatic heterocycles. The van der Waals surface area contributed by atoms with Gasteiger partial charge in [-0.2, -0.15) is 0 Å². The van der Waals surface area contributed by atoms with Gasteiger partial charge >= 0.3 is 0 Å². The van der Waals surface area contributed by atoms with Crippen LogP contribution >= 0.6 is 0 Å². The van der Waals surface area contributed by atoms with Crippen molar-refractivity contribution < 1.29 is 9.90 Å². The second-order valence-corrected chi connectivity index (χ2v) is 6.99. The lowest BCUT2D eigenvalue weighted by Gasteiger charge is -2.31. The van der Waals surface area contributed by atoms with Crippen molar-refractivity contribution >= 4 is 11.6 Å². The van der Waals surface area contributed by atoms with E-state index in [-0.39, 0.29) is 18.4 Å². The maximum Gasteiger partial charge on any atom is 0.226 e. The third kappa shape index (κ3) is 2.98. The highest BCUT2D eigenvalue weighted by Crippen LogP contribution is 2.34. The Kier molecular flexibility index (Phi) is 4.13. The Bertz CT molecular complexity index is 552. The van der Waals surface area contributed by atoms with Crippen LogP contribution in [0.2, 0.25) is 0 Å². The normalized spacial score (nSPS) is 24.0. The minimum Gasteiger partial charge on any atom is -0.389 e. The van der Waals surface area contributed by atoms with Crippen LogP contribution in [0.1, 0.15) is 44.6 Å². The number of hydrogen-bond donors (Lipinski definition) is 1. The number of nitrogens with zero attached hydrogens (tertiary/aromatic N) is 2. The molecule has 120 valence electrons. The Morgan fingerprint density at radius 3 is 2.73 bits per heavy atom. The van der Waals surface area contributed by atoms with Gasteiger partial charge in [-0.3, -0.25) is 4.79 Å². The molecule has 1 saturated carbocycles. The van der Waals surface area contributed by atoms with E-state index in [9.17, 15) is 9.90 Å². The molecule has 0 bridgehead atoms. The molecule has 1 aliphatic carbocycles. The molecule has 1 unspecified atom stereocenters. The zero-order valence-corrected chi connectivity index (χ0v) is 13.6. The van der Waals surface area contributed by atoms with E-state index in [2.05, 4.69) is 31.0 Å². The van der Waals surface area contributed by atoms with E-state index >= 15 is 0 Å². The van der Waals surface area contributed by atoms with Gasteiger partial charge in [0.1, 0.15) is 0 Å². The van der Waals surface area contributed by atoms with Crippen molar-refractivity contribution in [1.82, 2.24) is 4.90 Å². The Balaban J connectivity index is 1.79. The molecule has 1 heterocycles. The average molecular weight is 302 g/mol. The second-order valence-electron chi connectivity index (χ2n) is 6.99. The number of para-hydroxylation sites is 1. The standard InChI is InChI=1S/C18H26N2O2/c1-14-12-19(2)16-8-4-3-7-15(16)13-20(14)17(21)11-18(22)9-5-6-10-18/h3-4,7-8,14,22H,5-6,9-13H2,1-2H3. The summed E-state index contributed by atoms with van der Waals surface area (Å²) in [7, 11) is 2.08.